The van der Waals surface area contributed by atoms with E-state index in [9.17, 15) is 18.4 Å². The molecular formula is C20H19F2NO3. The molecule has 0 saturated heterocycles. The van der Waals surface area contributed by atoms with Gasteiger partial charge in [0.25, 0.3) is 5.91 Å². The van der Waals surface area contributed by atoms with E-state index in [1.165, 1.54) is 12.5 Å². The fourth-order valence-electron chi connectivity index (χ4n) is 3.15. The summed E-state index contributed by atoms with van der Waals surface area (Å²) < 4.78 is 31.5. The van der Waals surface area contributed by atoms with E-state index >= 15 is 0 Å². The van der Waals surface area contributed by atoms with Gasteiger partial charge in [-0.3, -0.25) is 4.79 Å². The molecule has 0 aromatic heterocycles. The molecule has 0 radical (unpaired) electrons. The molecule has 2 atom stereocenters. The number of benzene rings is 2. The number of halogens is 2. The zero-order valence-corrected chi connectivity index (χ0v) is 14.3. The van der Waals surface area contributed by atoms with Crippen molar-refractivity contribution < 1.29 is 23.1 Å². The molecule has 0 heterocycles. The van der Waals surface area contributed by atoms with Crippen molar-refractivity contribution in [3.63, 3.8) is 0 Å². The van der Waals surface area contributed by atoms with Crippen molar-refractivity contribution in [3.8, 4) is 0 Å². The fraction of sp³-hybridized carbons (Fsp3) is 0.300. The van der Waals surface area contributed by atoms with Gasteiger partial charge in [0.05, 0.1) is 11.6 Å². The van der Waals surface area contributed by atoms with Crippen LogP contribution in [0.25, 0.3) is 0 Å². The van der Waals surface area contributed by atoms with Crippen molar-refractivity contribution in [1.29, 1.82) is 0 Å². The lowest BCUT2D eigenvalue weighted by atomic mass is 9.87. The van der Waals surface area contributed by atoms with E-state index in [2.05, 4.69) is 5.32 Å². The third-order valence-electron chi connectivity index (χ3n) is 4.44. The first-order valence-corrected chi connectivity index (χ1v) is 8.49. The van der Waals surface area contributed by atoms with Crippen molar-refractivity contribution in [2.45, 2.75) is 38.3 Å². The van der Waals surface area contributed by atoms with Crippen LogP contribution in [0.15, 0.2) is 42.5 Å². The summed E-state index contributed by atoms with van der Waals surface area (Å²) in [6, 6.07) is 10.2. The third-order valence-corrected chi connectivity index (χ3v) is 4.44. The highest BCUT2D eigenvalue weighted by molar-refractivity contribution is 5.92. The Morgan fingerprint density at radius 2 is 1.85 bits per heavy atom. The maximum Gasteiger partial charge on any atom is 0.339 e. The topological polar surface area (TPSA) is 55.4 Å². The number of carbonyl (C=O) groups is 2. The van der Waals surface area contributed by atoms with Crippen LogP contribution >= 0.6 is 0 Å². The second kappa shape index (κ2) is 7.64. The summed E-state index contributed by atoms with van der Waals surface area (Å²) in [5.41, 5.74) is 1.99. The average Bonchev–Trinajstić information content (AvgIpc) is 2.61. The summed E-state index contributed by atoms with van der Waals surface area (Å²) in [6.45, 7) is 1.43. The van der Waals surface area contributed by atoms with Crippen molar-refractivity contribution >= 4 is 11.9 Å². The van der Waals surface area contributed by atoms with E-state index in [0.29, 0.717) is 6.07 Å². The van der Waals surface area contributed by atoms with Gasteiger partial charge < -0.3 is 10.1 Å². The lowest BCUT2D eigenvalue weighted by Crippen LogP contribution is -2.39. The molecule has 0 saturated carbocycles. The molecule has 0 fully saturated rings. The molecule has 0 spiro atoms. The zero-order valence-electron chi connectivity index (χ0n) is 14.3. The largest absolute Gasteiger partial charge is 0.449 e. The minimum absolute atomic E-state index is 0.139. The minimum Gasteiger partial charge on any atom is -0.449 e. The van der Waals surface area contributed by atoms with Crippen molar-refractivity contribution in [3.05, 3.63) is 70.8 Å². The molecule has 4 nitrogen and oxygen atoms in total. The molecule has 1 amide bonds. The van der Waals surface area contributed by atoms with Gasteiger partial charge >= 0.3 is 5.97 Å². The highest BCUT2D eigenvalue weighted by atomic mass is 19.1. The van der Waals surface area contributed by atoms with Crippen LogP contribution in [0.1, 0.15) is 47.3 Å². The average molecular weight is 359 g/mol. The number of aryl methyl sites for hydroxylation is 1. The molecular weight excluding hydrogens is 340 g/mol. The van der Waals surface area contributed by atoms with E-state index in [1.54, 1.807) is 0 Å². The number of esters is 1. The van der Waals surface area contributed by atoms with E-state index in [4.69, 9.17) is 4.74 Å². The molecule has 3 rings (SSSR count). The first-order chi connectivity index (χ1) is 12.4. The standard InChI is InChI=1S/C20H19F2NO3/c1-12(26-20(25)14-9-15(21)11-16(22)10-14)19(24)23-18-8-4-6-13-5-2-3-7-17(13)18/h2-3,5,7,9-12,18H,4,6,8H2,1H3,(H,23,24)/t12-,18+/m1/s1. The molecule has 1 aliphatic rings. The number of ether oxygens (including phenoxy) is 1. The smallest absolute Gasteiger partial charge is 0.339 e. The quantitative estimate of drug-likeness (QED) is 0.847. The SMILES string of the molecule is C[C@@H](OC(=O)c1cc(F)cc(F)c1)C(=O)N[C@H]1CCCc2ccccc21. The number of amides is 1. The Balaban J connectivity index is 1.64. The highest BCUT2D eigenvalue weighted by Gasteiger charge is 2.25. The van der Waals surface area contributed by atoms with Crippen molar-refractivity contribution in [2.24, 2.45) is 0 Å². The normalized spacial score (nSPS) is 17.1. The first-order valence-electron chi connectivity index (χ1n) is 8.49. The van der Waals surface area contributed by atoms with Crippen LogP contribution in [0.5, 0.6) is 0 Å². The van der Waals surface area contributed by atoms with Gasteiger partial charge in [-0.25, -0.2) is 13.6 Å². The van der Waals surface area contributed by atoms with Gasteiger partial charge in [0.1, 0.15) is 11.6 Å². The van der Waals surface area contributed by atoms with Crippen molar-refractivity contribution in [1.82, 2.24) is 5.32 Å². The highest BCUT2D eigenvalue weighted by Crippen LogP contribution is 2.29. The molecule has 0 unspecified atom stereocenters. The molecule has 136 valence electrons. The van der Waals surface area contributed by atoms with Gasteiger partial charge in [-0.05, 0) is 49.4 Å². The second-order valence-electron chi connectivity index (χ2n) is 6.36. The number of fused-ring (bicyclic) bond motifs is 1. The van der Waals surface area contributed by atoms with Crippen molar-refractivity contribution in [2.75, 3.05) is 0 Å². The van der Waals surface area contributed by atoms with Crippen LogP contribution in [-0.4, -0.2) is 18.0 Å². The van der Waals surface area contributed by atoms with Crippen LogP contribution in [0.4, 0.5) is 8.78 Å². The molecule has 0 aliphatic heterocycles. The first kappa shape index (κ1) is 18.0. The Bertz CT molecular complexity index is 817. The molecule has 26 heavy (non-hydrogen) atoms. The maximum atomic E-state index is 13.2. The van der Waals surface area contributed by atoms with Gasteiger partial charge in [-0.15, -0.1) is 0 Å². The summed E-state index contributed by atoms with van der Waals surface area (Å²) in [4.78, 5) is 24.4. The van der Waals surface area contributed by atoms with Crippen LogP contribution in [0.3, 0.4) is 0 Å². The van der Waals surface area contributed by atoms with Gasteiger partial charge in [0.15, 0.2) is 6.10 Å². The molecule has 6 heteroatoms. The van der Waals surface area contributed by atoms with E-state index in [-0.39, 0.29) is 11.6 Å². The van der Waals surface area contributed by atoms with Gasteiger partial charge in [-0.2, -0.15) is 0 Å². The predicted octanol–water partition coefficient (Wildman–Crippen LogP) is 3.70. The molecule has 0 bridgehead atoms. The third kappa shape index (κ3) is 4.07. The predicted molar refractivity (Wildman–Crippen MR) is 91.5 cm³/mol. The second-order valence-corrected chi connectivity index (χ2v) is 6.36. The van der Waals surface area contributed by atoms with Gasteiger partial charge in [0.2, 0.25) is 0 Å². The van der Waals surface area contributed by atoms with Crippen LogP contribution in [0.2, 0.25) is 0 Å². The summed E-state index contributed by atoms with van der Waals surface area (Å²) in [5, 5.41) is 2.89. The molecule has 1 aliphatic carbocycles. The minimum atomic E-state index is -1.08. The Morgan fingerprint density at radius 1 is 1.15 bits per heavy atom. The van der Waals surface area contributed by atoms with Crippen LogP contribution in [0, 0.1) is 11.6 Å². The van der Waals surface area contributed by atoms with E-state index in [0.717, 1.165) is 37.0 Å². The van der Waals surface area contributed by atoms with E-state index in [1.807, 2.05) is 24.3 Å². The van der Waals surface area contributed by atoms with Crippen LogP contribution < -0.4 is 5.32 Å². The number of nitrogens with one attached hydrogen (secondary N) is 1. The number of carbonyl (C=O) groups excluding carboxylic acids is 2. The number of rotatable bonds is 4. The molecule has 2 aromatic rings. The Morgan fingerprint density at radius 3 is 2.58 bits per heavy atom. The summed E-state index contributed by atoms with van der Waals surface area (Å²) in [6.07, 6.45) is 1.65. The molecule has 2 aromatic carbocycles. The monoisotopic (exact) mass is 359 g/mol. The van der Waals surface area contributed by atoms with Crippen LogP contribution in [-0.2, 0) is 16.0 Å². The van der Waals surface area contributed by atoms with Gasteiger partial charge in [-0.1, -0.05) is 24.3 Å². The summed E-state index contributed by atoms with van der Waals surface area (Å²) in [5.74, 6) is -3.16. The Kier molecular flexibility index (Phi) is 5.30. The molecule has 1 N–H and O–H groups in total. The zero-order chi connectivity index (χ0) is 18.7. The van der Waals surface area contributed by atoms with E-state index < -0.39 is 29.6 Å². The summed E-state index contributed by atoms with van der Waals surface area (Å²) >= 11 is 0. The number of hydrogen-bond donors (Lipinski definition) is 1. The lowest BCUT2D eigenvalue weighted by molar-refractivity contribution is -0.130. The summed E-state index contributed by atoms with van der Waals surface area (Å²) in [7, 11) is 0. The lowest BCUT2D eigenvalue weighted by Gasteiger charge is -2.27. The fourth-order valence-corrected chi connectivity index (χ4v) is 3.15. The number of hydrogen-bond acceptors (Lipinski definition) is 3. The maximum absolute atomic E-state index is 13.2. The Hall–Kier alpha value is -2.76. The van der Waals surface area contributed by atoms with Gasteiger partial charge in [0, 0.05) is 6.07 Å². The Labute approximate surface area is 150 Å².